The van der Waals surface area contributed by atoms with Gasteiger partial charge in [-0.3, -0.25) is 0 Å². The van der Waals surface area contributed by atoms with Crippen molar-refractivity contribution in [2.24, 2.45) is 0 Å². The van der Waals surface area contributed by atoms with Crippen LogP contribution in [0.5, 0.6) is 0 Å². The first-order valence-corrected chi connectivity index (χ1v) is 2.52. The van der Waals surface area contributed by atoms with Crippen molar-refractivity contribution < 1.29 is 0 Å². The molecule has 0 saturated heterocycles. The van der Waals surface area contributed by atoms with E-state index in [0.717, 1.165) is 13.0 Å². The third-order valence-corrected chi connectivity index (χ3v) is 0.567. The highest BCUT2D eigenvalue weighted by molar-refractivity contribution is 4.99. The van der Waals surface area contributed by atoms with Crippen LogP contribution in [-0.4, -0.2) is 13.6 Å². The van der Waals surface area contributed by atoms with Gasteiger partial charge in [0.05, 0.1) is 6.54 Å². The van der Waals surface area contributed by atoms with Gasteiger partial charge in [-0.2, -0.15) is 0 Å². The highest BCUT2D eigenvalue weighted by Gasteiger charge is 1.62. The standard InChI is InChI=1S/C6H11N/c1-3-4-5-6-7-2/h7H,3,6H2,1-2H3. The summed E-state index contributed by atoms with van der Waals surface area (Å²) in [6.07, 6.45) is 0.960. The van der Waals surface area contributed by atoms with Gasteiger partial charge < -0.3 is 5.32 Å². The molecular formula is C6H11N. The molecule has 40 valence electrons. The van der Waals surface area contributed by atoms with Crippen molar-refractivity contribution in [3.63, 3.8) is 0 Å². The van der Waals surface area contributed by atoms with Crippen molar-refractivity contribution in [1.82, 2.24) is 5.32 Å². The Morgan fingerprint density at radius 3 is 2.57 bits per heavy atom. The summed E-state index contributed by atoms with van der Waals surface area (Å²) >= 11 is 0. The molecule has 0 aliphatic heterocycles. The highest BCUT2D eigenvalue weighted by Crippen LogP contribution is 1.63. The minimum absolute atomic E-state index is 0.813. The van der Waals surface area contributed by atoms with Gasteiger partial charge in [-0.25, -0.2) is 0 Å². The Balaban J connectivity index is 2.91. The summed E-state index contributed by atoms with van der Waals surface area (Å²) in [6, 6.07) is 0. The molecule has 1 heteroatoms. The van der Waals surface area contributed by atoms with E-state index in [2.05, 4.69) is 17.2 Å². The molecule has 0 heterocycles. The molecule has 1 nitrogen and oxygen atoms in total. The van der Waals surface area contributed by atoms with Crippen LogP contribution >= 0.6 is 0 Å². The molecule has 0 amide bonds. The summed E-state index contributed by atoms with van der Waals surface area (Å²) in [5.41, 5.74) is 0. The fourth-order valence-electron chi connectivity index (χ4n) is 0.276. The zero-order valence-electron chi connectivity index (χ0n) is 4.91. The van der Waals surface area contributed by atoms with E-state index in [9.17, 15) is 0 Å². The molecule has 0 spiro atoms. The monoisotopic (exact) mass is 97.1 g/mol. The van der Waals surface area contributed by atoms with E-state index in [1.807, 2.05) is 14.0 Å². The summed E-state index contributed by atoms with van der Waals surface area (Å²) in [5.74, 6) is 5.86. The molecule has 7 heavy (non-hydrogen) atoms. The summed E-state index contributed by atoms with van der Waals surface area (Å²) in [4.78, 5) is 0. The third kappa shape index (κ3) is 5.52. The Hall–Kier alpha value is -0.480. The molecule has 0 bridgehead atoms. The zero-order valence-corrected chi connectivity index (χ0v) is 4.91. The lowest BCUT2D eigenvalue weighted by molar-refractivity contribution is 0.937. The molecule has 0 radical (unpaired) electrons. The summed E-state index contributed by atoms with van der Waals surface area (Å²) in [5, 5.41) is 2.93. The minimum Gasteiger partial charge on any atom is -0.309 e. The van der Waals surface area contributed by atoms with Crippen LogP contribution in [0.1, 0.15) is 13.3 Å². The lowest BCUT2D eigenvalue weighted by Crippen LogP contribution is -2.04. The number of nitrogens with one attached hydrogen (secondary N) is 1. The number of rotatable bonds is 1. The summed E-state index contributed by atoms with van der Waals surface area (Å²) < 4.78 is 0. The molecule has 0 aliphatic carbocycles. The molecule has 0 aromatic heterocycles. The van der Waals surface area contributed by atoms with Gasteiger partial charge >= 0.3 is 0 Å². The van der Waals surface area contributed by atoms with E-state index in [0.29, 0.717) is 0 Å². The van der Waals surface area contributed by atoms with Crippen LogP contribution in [0.25, 0.3) is 0 Å². The summed E-state index contributed by atoms with van der Waals surface area (Å²) in [6.45, 7) is 2.86. The van der Waals surface area contributed by atoms with E-state index >= 15 is 0 Å². The van der Waals surface area contributed by atoms with Crippen molar-refractivity contribution >= 4 is 0 Å². The van der Waals surface area contributed by atoms with Crippen molar-refractivity contribution in [2.75, 3.05) is 13.6 Å². The first kappa shape index (κ1) is 6.52. The van der Waals surface area contributed by atoms with Gasteiger partial charge in [0.25, 0.3) is 0 Å². The maximum Gasteiger partial charge on any atom is 0.0574 e. The van der Waals surface area contributed by atoms with Crippen molar-refractivity contribution in [3.8, 4) is 11.8 Å². The first-order chi connectivity index (χ1) is 3.41. The van der Waals surface area contributed by atoms with Crippen LogP contribution in [0.15, 0.2) is 0 Å². The normalized spacial score (nSPS) is 7.14. The Kier molecular flexibility index (Phi) is 5.14. The fourth-order valence-corrected chi connectivity index (χ4v) is 0.276. The second kappa shape index (κ2) is 5.52. The predicted octanol–water partition coefficient (Wildman–Crippen LogP) is 0.619. The van der Waals surface area contributed by atoms with Gasteiger partial charge in [0.2, 0.25) is 0 Å². The molecule has 0 aliphatic rings. The molecule has 0 aromatic carbocycles. The van der Waals surface area contributed by atoms with Crippen LogP contribution in [-0.2, 0) is 0 Å². The van der Waals surface area contributed by atoms with Gasteiger partial charge in [-0.15, -0.1) is 5.92 Å². The van der Waals surface area contributed by atoms with Gasteiger partial charge in [-0.05, 0) is 7.05 Å². The maximum atomic E-state index is 2.94. The van der Waals surface area contributed by atoms with E-state index in [4.69, 9.17) is 0 Å². The quantitative estimate of drug-likeness (QED) is 0.473. The average Bonchev–Trinajstić information content (AvgIpc) is 1.69. The topological polar surface area (TPSA) is 12.0 Å². The minimum atomic E-state index is 0.813. The molecule has 0 unspecified atom stereocenters. The predicted molar refractivity (Wildman–Crippen MR) is 32.0 cm³/mol. The second-order valence-corrected chi connectivity index (χ2v) is 1.24. The highest BCUT2D eigenvalue weighted by atomic mass is 14.8. The Bertz CT molecular complexity index is 75.9. The van der Waals surface area contributed by atoms with Crippen molar-refractivity contribution in [3.05, 3.63) is 0 Å². The maximum absolute atomic E-state index is 2.94. The third-order valence-electron chi connectivity index (χ3n) is 0.567. The molecule has 0 aromatic rings. The Morgan fingerprint density at radius 1 is 1.43 bits per heavy atom. The second-order valence-electron chi connectivity index (χ2n) is 1.24. The molecule has 0 saturated carbocycles. The SMILES string of the molecule is CCC#CCNC. The Morgan fingerprint density at radius 2 is 2.14 bits per heavy atom. The molecule has 0 fully saturated rings. The molecule has 1 N–H and O–H groups in total. The van der Waals surface area contributed by atoms with Gasteiger partial charge in [0.1, 0.15) is 0 Å². The smallest absolute Gasteiger partial charge is 0.0574 e. The summed E-state index contributed by atoms with van der Waals surface area (Å²) in [7, 11) is 1.89. The lowest BCUT2D eigenvalue weighted by Gasteiger charge is -1.79. The largest absolute Gasteiger partial charge is 0.309 e. The van der Waals surface area contributed by atoms with Crippen LogP contribution in [0, 0.1) is 11.8 Å². The van der Waals surface area contributed by atoms with Crippen LogP contribution in [0.3, 0.4) is 0 Å². The average molecular weight is 97.2 g/mol. The molecule has 0 atom stereocenters. The van der Waals surface area contributed by atoms with Gasteiger partial charge in [0.15, 0.2) is 0 Å². The van der Waals surface area contributed by atoms with E-state index < -0.39 is 0 Å². The molecular weight excluding hydrogens is 86.1 g/mol. The zero-order chi connectivity index (χ0) is 5.54. The van der Waals surface area contributed by atoms with Crippen LogP contribution in [0.4, 0.5) is 0 Å². The molecule has 0 rings (SSSR count). The van der Waals surface area contributed by atoms with Crippen molar-refractivity contribution in [1.29, 1.82) is 0 Å². The Labute approximate surface area is 45.1 Å². The van der Waals surface area contributed by atoms with Crippen LogP contribution in [0.2, 0.25) is 0 Å². The van der Waals surface area contributed by atoms with E-state index in [1.165, 1.54) is 0 Å². The lowest BCUT2D eigenvalue weighted by atomic mass is 10.5. The van der Waals surface area contributed by atoms with Gasteiger partial charge in [0, 0.05) is 6.42 Å². The van der Waals surface area contributed by atoms with Gasteiger partial charge in [-0.1, -0.05) is 12.8 Å². The fraction of sp³-hybridized carbons (Fsp3) is 0.667. The first-order valence-electron chi connectivity index (χ1n) is 2.52. The number of hydrogen-bond donors (Lipinski definition) is 1. The van der Waals surface area contributed by atoms with E-state index in [1.54, 1.807) is 0 Å². The van der Waals surface area contributed by atoms with Crippen LogP contribution < -0.4 is 5.32 Å². The number of hydrogen-bond acceptors (Lipinski definition) is 1. The van der Waals surface area contributed by atoms with Crippen molar-refractivity contribution in [2.45, 2.75) is 13.3 Å². The van der Waals surface area contributed by atoms with E-state index in [-0.39, 0.29) is 0 Å².